The average Bonchev–Trinajstić information content (AvgIpc) is 3.13. The van der Waals surface area contributed by atoms with Crippen molar-refractivity contribution in [2.75, 3.05) is 4.90 Å². The summed E-state index contributed by atoms with van der Waals surface area (Å²) in [5.74, 6) is 0.0604. The Balaban J connectivity index is 1.67. The number of carbonyl (C=O) groups is 1. The number of H-pyrrole nitrogens is 1. The lowest BCUT2D eigenvalue weighted by Crippen LogP contribution is -2.52. The first-order chi connectivity index (χ1) is 12.5. The number of hydrogen-bond acceptors (Lipinski definition) is 2. The Morgan fingerprint density at radius 3 is 2.54 bits per heavy atom. The standard InChI is InChI=1S/C21H19N3OS/c1-21(2)18-15(14-10-6-7-11-16(14)22-18)12-17-19(25)23(20(26)24(17)21)13-8-4-3-5-9-13/h3-11,17,22H,12H2,1-2H3. The van der Waals surface area contributed by atoms with E-state index in [0.717, 1.165) is 16.9 Å². The lowest BCUT2D eigenvalue weighted by atomic mass is 9.85. The molecule has 0 aliphatic carbocycles. The van der Waals surface area contributed by atoms with Crippen molar-refractivity contribution in [3.05, 3.63) is 65.9 Å². The Bertz CT molecular complexity index is 1050. The van der Waals surface area contributed by atoms with Crippen LogP contribution in [0.2, 0.25) is 0 Å². The number of benzene rings is 2. The molecule has 2 aliphatic heterocycles. The number of nitrogens with one attached hydrogen (secondary N) is 1. The molecule has 1 fully saturated rings. The van der Waals surface area contributed by atoms with Crippen molar-refractivity contribution < 1.29 is 4.79 Å². The zero-order chi connectivity index (χ0) is 18.1. The minimum atomic E-state index is -0.381. The smallest absolute Gasteiger partial charge is 0.256 e. The molecule has 4 nitrogen and oxygen atoms in total. The molecule has 0 spiro atoms. The fourth-order valence-corrected chi connectivity index (χ4v) is 5.02. The lowest BCUT2D eigenvalue weighted by Gasteiger charge is -2.43. The van der Waals surface area contributed by atoms with E-state index in [4.69, 9.17) is 12.2 Å². The topological polar surface area (TPSA) is 39.3 Å². The van der Waals surface area contributed by atoms with E-state index in [1.165, 1.54) is 10.9 Å². The van der Waals surface area contributed by atoms with E-state index in [-0.39, 0.29) is 17.5 Å². The van der Waals surface area contributed by atoms with Crippen LogP contribution in [0.1, 0.15) is 25.1 Å². The number of para-hydroxylation sites is 2. The third kappa shape index (κ3) is 1.89. The minimum Gasteiger partial charge on any atom is -0.356 e. The van der Waals surface area contributed by atoms with E-state index in [0.29, 0.717) is 11.5 Å². The second kappa shape index (κ2) is 5.17. The SMILES string of the molecule is CC1(C)c2[nH]c3ccccc3c2CC2C(=O)N(c3ccccc3)C(=S)N21. The van der Waals surface area contributed by atoms with Crippen LogP contribution in [0.25, 0.3) is 10.9 Å². The fraction of sp³-hybridized carbons (Fsp3) is 0.238. The van der Waals surface area contributed by atoms with E-state index in [1.807, 2.05) is 42.5 Å². The predicted molar refractivity (Wildman–Crippen MR) is 107 cm³/mol. The molecule has 1 unspecified atom stereocenters. The number of amides is 1. The van der Waals surface area contributed by atoms with Crippen molar-refractivity contribution in [3.8, 4) is 0 Å². The quantitative estimate of drug-likeness (QED) is 0.667. The highest BCUT2D eigenvalue weighted by atomic mass is 32.1. The number of rotatable bonds is 1. The van der Waals surface area contributed by atoms with Gasteiger partial charge >= 0.3 is 0 Å². The van der Waals surface area contributed by atoms with Gasteiger partial charge in [0.2, 0.25) is 0 Å². The molecule has 130 valence electrons. The maximum absolute atomic E-state index is 13.3. The summed E-state index contributed by atoms with van der Waals surface area (Å²) in [6.07, 6.45) is 0.672. The highest BCUT2D eigenvalue weighted by Gasteiger charge is 2.53. The molecule has 3 aromatic rings. The average molecular weight is 361 g/mol. The number of thiocarbonyl (C=S) groups is 1. The van der Waals surface area contributed by atoms with Gasteiger partial charge in [0.05, 0.1) is 11.2 Å². The molecular formula is C21H19N3OS. The van der Waals surface area contributed by atoms with E-state index in [9.17, 15) is 4.79 Å². The van der Waals surface area contributed by atoms with Gasteiger partial charge in [-0.15, -0.1) is 0 Å². The maximum atomic E-state index is 13.3. The number of fused-ring (bicyclic) bond motifs is 4. The normalized spacial score (nSPS) is 21.2. The molecule has 1 saturated heterocycles. The fourth-order valence-electron chi connectivity index (χ4n) is 4.46. The van der Waals surface area contributed by atoms with Crippen LogP contribution in [0, 0.1) is 0 Å². The summed E-state index contributed by atoms with van der Waals surface area (Å²) in [5, 5.41) is 1.78. The van der Waals surface area contributed by atoms with Crippen LogP contribution in [0.5, 0.6) is 0 Å². The monoisotopic (exact) mass is 361 g/mol. The van der Waals surface area contributed by atoms with Gasteiger partial charge in [0.15, 0.2) is 5.11 Å². The number of anilines is 1. The largest absolute Gasteiger partial charge is 0.356 e. The number of carbonyl (C=O) groups excluding carboxylic acids is 1. The summed E-state index contributed by atoms with van der Waals surface area (Å²) in [4.78, 5) is 20.7. The number of aromatic amines is 1. The Labute approximate surface area is 157 Å². The zero-order valence-electron chi connectivity index (χ0n) is 14.7. The van der Waals surface area contributed by atoms with Gasteiger partial charge in [-0.2, -0.15) is 0 Å². The van der Waals surface area contributed by atoms with E-state index < -0.39 is 0 Å². The number of hydrogen-bond donors (Lipinski definition) is 1. The third-order valence-electron chi connectivity index (χ3n) is 5.65. The van der Waals surface area contributed by atoms with Crippen LogP contribution in [0.15, 0.2) is 54.6 Å². The molecular weight excluding hydrogens is 342 g/mol. The zero-order valence-corrected chi connectivity index (χ0v) is 15.5. The Kier molecular flexibility index (Phi) is 3.10. The summed E-state index contributed by atoms with van der Waals surface area (Å²) in [7, 11) is 0. The van der Waals surface area contributed by atoms with Gasteiger partial charge in [-0.05, 0) is 49.8 Å². The lowest BCUT2D eigenvalue weighted by molar-refractivity contribution is -0.121. The molecule has 1 atom stereocenters. The molecule has 1 aromatic heterocycles. The second-order valence-corrected chi connectivity index (χ2v) is 7.83. The van der Waals surface area contributed by atoms with Crippen molar-refractivity contribution in [2.24, 2.45) is 0 Å². The summed E-state index contributed by atoms with van der Waals surface area (Å²) in [6, 6.07) is 17.7. The van der Waals surface area contributed by atoms with Gasteiger partial charge < -0.3 is 9.88 Å². The van der Waals surface area contributed by atoms with Crippen LogP contribution in [0.3, 0.4) is 0 Å². The van der Waals surface area contributed by atoms with Crippen molar-refractivity contribution in [3.63, 3.8) is 0 Å². The first-order valence-corrected chi connectivity index (χ1v) is 9.23. The third-order valence-corrected chi connectivity index (χ3v) is 6.03. The molecule has 2 aliphatic rings. The van der Waals surface area contributed by atoms with Crippen LogP contribution in [-0.4, -0.2) is 26.9 Å². The van der Waals surface area contributed by atoms with Gasteiger partial charge in [0.25, 0.3) is 5.91 Å². The predicted octanol–water partition coefficient (Wildman–Crippen LogP) is 3.96. The molecule has 0 radical (unpaired) electrons. The minimum absolute atomic E-state index is 0.0604. The highest BCUT2D eigenvalue weighted by molar-refractivity contribution is 7.80. The van der Waals surface area contributed by atoms with Gasteiger partial charge in [-0.3, -0.25) is 9.69 Å². The number of nitrogens with zero attached hydrogens (tertiary/aromatic N) is 2. The van der Waals surface area contributed by atoms with E-state index in [1.54, 1.807) is 4.90 Å². The molecule has 2 aromatic carbocycles. The molecule has 0 bridgehead atoms. The molecule has 5 heteroatoms. The summed E-state index contributed by atoms with van der Waals surface area (Å²) < 4.78 is 0. The Morgan fingerprint density at radius 1 is 1.08 bits per heavy atom. The highest BCUT2D eigenvalue weighted by Crippen LogP contribution is 2.45. The van der Waals surface area contributed by atoms with Gasteiger partial charge in [-0.1, -0.05) is 36.4 Å². The van der Waals surface area contributed by atoms with Crippen LogP contribution < -0.4 is 4.90 Å². The van der Waals surface area contributed by atoms with Crippen molar-refractivity contribution in [2.45, 2.75) is 31.8 Å². The summed E-state index contributed by atoms with van der Waals surface area (Å²) in [5.41, 5.74) is 3.96. The Morgan fingerprint density at radius 2 is 1.77 bits per heavy atom. The molecule has 3 heterocycles. The van der Waals surface area contributed by atoms with Gasteiger partial charge in [0.1, 0.15) is 6.04 Å². The summed E-state index contributed by atoms with van der Waals surface area (Å²) >= 11 is 5.77. The second-order valence-electron chi connectivity index (χ2n) is 7.46. The van der Waals surface area contributed by atoms with Crippen LogP contribution in [0.4, 0.5) is 5.69 Å². The molecule has 1 amide bonds. The summed E-state index contributed by atoms with van der Waals surface area (Å²) in [6.45, 7) is 4.28. The Hall–Kier alpha value is -2.66. The maximum Gasteiger partial charge on any atom is 0.256 e. The van der Waals surface area contributed by atoms with Gasteiger partial charge in [-0.25, -0.2) is 0 Å². The van der Waals surface area contributed by atoms with Gasteiger partial charge in [0, 0.05) is 23.0 Å². The van der Waals surface area contributed by atoms with Crippen LogP contribution >= 0.6 is 12.2 Å². The van der Waals surface area contributed by atoms with E-state index in [2.05, 4.69) is 35.9 Å². The molecule has 26 heavy (non-hydrogen) atoms. The van der Waals surface area contributed by atoms with Crippen molar-refractivity contribution in [1.82, 2.24) is 9.88 Å². The molecule has 5 rings (SSSR count). The molecule has 1 N–H and O–H groups in total. The van der Waals surface area contributed by atoms with E-state index >= 15 is 0 Å². The van der Waals surface area contributed by atoms with Crippen LogP contribution in [-0.2, 0) is 16.8 Å². The van der Waals surface area contributed by atoms with Crippen molar-refractivity contribution in [1.29, 1.82) is 0 Å². The van der Waals surface area contributed by atoms with Crippen molar-refractivity contribution >= 4 is 39.8 Å². The first-order valence-electron chi connectivity index (χ1n) is 8.82. The molecule has 0 saturated carbocycles. The number of aromatic nitrogens is 1. The first kappa shape index (κ1) is 15.6.